The molecule has 3 heteroatoms. The molecule has 0 saturated carbocycles. The highest BCUT2D eigenvalue weighted by atomic mass is 28.3. The maximum Gasteiger partial charge on any atom is 0.120 e. The third-order valence-corrected chi connectivity index (χ3v) is 14.4. The number of ether oxygens (including phenoxy) is 2. The lowest BCUT2D eigenvalue weighted by molar-refractivity contribution is 0.242. The van der Waals surface area contributed by atoms with E-state index in [1.165, 1.54) is 66.1 Å². The highest BCUT2D eigenvalue weighted by molar-refractivity contribution is 6.64. The lowest BCUT2D eigenvalue weighted by Crippen LogP contribution is -2.25. The largest absolute Gasteiger partial charge is 0.491 e. The number of benzene rings is 4. The molecule has 0 aliphatic heterocycles. The summed E-state index contributed by atoms with van der Waals surface area (Å²) < 4.78 is 12.0. The molecule has 4 atom stereocenters. The van der Waals surface area contributed by atoms with E-state index in [4.69, 9.17) is 9.47 Å². The average Bonchev–Trinajstić information content (AvgIpc) is 3.42. The van der Waals surface area contributed by atoms with E-state index in [0.717, 1.165) is 11.5 Å². The van der Waals surface area contributed by atoms with Crippen LogP contribution in [0.15, 0.2) is 167 Å². The Bertz CT molecular complexity index is 2160. The van der Waals surface area contributed by atoms with Gasteiger partial charge in [0.1, 0.15) is 11.5 Å². The molecular formula is C49H49O2Si. The summed E-state index contributed by atoms with van der Waals surface area (Å²) in [5, 5.41) is 4.94. The molecule has 8 rings (SSSR count). The monoisotopic (exact) mass is 697 g/mol. The van der Waals surface area contributed by atoms with Gasteiger partial charge in [-0.1, -0.05) is 127 Å². The first-order valence-electron chi connectivity index (χ1n) is 18.9. The van der Waals surface area contributed by atoms with E-state index in [0.29, 0.717) is 11.1 Å². The number of rotatable bonds is 8. The van der Waals surface area contributed by atoms with Crippen molar-refractivity contribution in [2.24, 2.45) is 0 Å². The van der Waals surface area contributed by atoms with E-state index in [-0.39, 0.29) is 24.0 Å². The van der Waals surface area contributed by atoms with Gasteiger partial charge in [-0.3, -0.25) is 0 Å². The van der Waals surface area contributed by atoms with Gasteiger partial charge in [0.05, 0.1) is 21.0 Å². The Morgan fingerprint density at radius 2 is 0.904 bits per heavy atom. The first kappa shape index (κ1) is 34.2. The number of allylic oxidation sites excluding steroid dienone is 16. The highest BCUT2D eigenvalue weighted by Gasteiger charge is 2.41. The van der Waals surface area contributed by atoms with E-state index in [1.807, 2.05) is 0 Å². The molecule has 4 aliphatic carbocycles. The van der Waals surface area contributed by atoms with E-state index in [2.05, 4.69) is 182 Å². The average molecular weight is 698 g/mol. The van der Waals surface area contributed by atoms with Gasteiger partial charge in [0, 0.05) is 11.8 Å². The lowest BCUT2D eigenvalue weighted by atomic mass is 9.88. The molecule has 0 aromatic heterocycles. The van der Waals surface area contributed by atoms with Gasteiger partial charge in [-0.2, -0.15) is 0 Å². The maximum absolute atomic E-state index is 5.98. The summed E-state index contributed by atoms with van der Waals surface area (Å²) in [5.74, 6) is 2.30. The van der Waals surface area contributed by atoms with Gasteiger partial charge in [0.25, 0.3) is 0 Å². The van der Waals surface area contributed by atoms with Crippen molar-refractivity contribution >= 4 is 30.3 Å². The maximum atomic E-state index is 5.98. The molecule has 52 heavy (non-hydrogen) atoms. The lowest BCUT2D eigenvalue weighted by Gasteiger charge is -2.30. The quantitative estimate of drug-likeness (QED) is 0.171. The molecule has 4 aromatic carbocycles. The van der Waals surface area contributed by atoms with Crippen LogP contribution in [0.3, 0.4) is 0 Å². The summed E-state index contributed by atoms with van der Waals surface area (Å²) >= 11 is 0. The molecule has 0 saturated heterocycles. The van der Waals surface area contributed by atoms with Crippen molar-refractivity contribution in [2.45, 2.75) is 83.2 Å². The van der Waals surface area contributed by atoms with Gasteiger partial charge in [0.2, 0.25) is 0 Å². The van der Waals surface area contributed by atoms with Crippen molar-refractivity contribution in [3.05, 3.63) is 178 Å². The van der Waals surface area contributed by atoms with Crippen molar-refractivity contribution in [3.8, 4) is 11.5 Å². The Labute approximate surface area is 311 Å². The second-order valence-electron chi connectivity index (χ2n) is 15.5. The minimum Gasteiger partial charge on any atom is -0.491 e. The topological polar surface area (TPSA) is 18.5 Å². The molecule has 4 aromatic rings. The van der Waals surface area contributed by atoms with Gasteiger partial charge in [-0.25, -0.2) is 0 Å². The van der Waals surface area contributed by atoms with E-state index >= 15 is 0 Å². The third-order valence-electron chi connectivity index (χ3n) is 11.1. The first-order valence-corrected chi connectivity index (χ1v) is 21.1. The Morgan fingerprint density at radius 1 is 0.500 bits per heavy atom. The van der Waals surface area contributed by atoms with Crippen molar-refractivity contribution in [1.29, 1.82) is 0 Å². The van der Waals surface area contributed by atoms with Crippen molar-refractivity contribution < 1.29 is 9.47 Å². The van der Waals surface area contributed by atoms with Crippen molar-refractivity contribution in [3.63, 3.8) is 0 Å². The molecule has 0 spiro atoms. The molecule has 0 heterocycles. The molecule has 4 unspecified atom stereocenters. The van der Waals surface area contributed by atoms with Crippen LogP contribution < -0.4 is 9.47 Å². The standard InChI is InChI=1S/C49H49O2Si/c1-30(2)50-40-22-20-34-26-38(18-16-36(34)28-40)42-12-8-10-14-44-46(42)24-32(5)48(44)52(7)49-33(6)25-47-43(13-9-11-15-45(47)49)39-19-17-37-29-41(51-31(3)4)23-21-35(37)27-39/h8-31,42-43,48-49H,1-7H3. The fourth-order valence-electron chi connectivity index (χ4n) is 8.97. The summed E-state index contributed by atoms with van der Waals surface area (Å²) in [6, 6.07) is 26.9. The van der Waals surface area contributed by atoms with Crippen LogP contribution in [-0.2, 0) is 0 Å². The minimum absolute atomic E-state index is 0.160. The van der Waals surface area contributed by atoms with Crippen molar-refractivity contribution in [1.82, 2.24) is 0 Å². The van der Waals surface area contributed by atoms with E-state index in [1.54, 1.807) is 0 Å². The van der Waals surface area contributed by atoms with Gasteiger partial charge in [0.15, 0.2) is 0 Å². The molecule has 0 N–H and O–H groups in total. The van der Waals surface area contributed by atoms with Crippen LogP contribution in [0, 0.1) is 0 Å². The summed E-state index contributed by atoms with van der Waals surface area (Å²) in [5.41, 5.74) is 12.5. The predicted octanol–water partition coefficient (Wildman–Crippen LogP) is 13.1. The summed E-state index contributed by atoms with van der Waals surface area (Å²) in [6.45, 7) is 15.6. The minimum atomic E-state index is -0.957. The summed E-state index contributed by atoms with van der Waals surface area (Å²) in [7, 11) is -0.957. The fraction of sp³-hybridized carbons (Fsp3) is 0.265. The Balaban J connectivity index is 1.11. The molecule has 4 aliphatic rings. The molecule has 261 valence electrons. The number of hydrogen-bond donors (Lipinski definition) is 0. The summed E-state index contributed by atoms with van der Waals surface area (Å²) in [4.78, 5) is 0. The van der Waals surface area contributed by atoms with Crippen LogP contribution in [-0.4, -0.2) is 21.0 Å². The van der Waals surface area contributed by atoms with Crippen LogP contribution in [0.2, 0.25) is 17.6 Å². The summed E-state index contributed by atoms with van der Waals surface area (Å²) in [6.07, 6.45) is 24.0. The van der Waals surface area contributed by atoms with Crippen LogP contribution in [0.1, 0.15) is 64.5 Å². The molecular weight excluding hydrogens is 649 g/mol. The van der Waals surface area contributed by atoms with Crippen LogP contribution in [0.25, 0.3) is 21.5 Å². The van der Waals surface area contributed by atoms with Gasteiger partial charge < -0.3 is 9.47 Å². The fourth-order valence-corrected chi connectivity index (χ4v) is 12.4. The second-order valence-corrected chi connectivity index (χ2v) is 18.2. The molecule has 2 nitrogen and oxygen atoms in total. The zero-order valence-electron chi connectivity index (χ0n) is 31.5. The number of hydrogen-bond acceptors (Lipinski definition) is 2. The van der Waals surface area contributed by atoms with Crippen LogP contribution >= 0.6 is 0 Å². The number of fused-ring (bicyclic) bond motifs is 2. The molecule has 0 fully saturated rings. The normalized spacial score (nSPS) is 22.4. The first-order chi connectivity index (χ1) is 25.1. The molecule has 0 bridgehead atoms. The van der Waals surface area contributed by atoms with Gasteiger partial charge >= 0.3 is 0 Å². The van der Waals surface area contributed by atoms with E-state index < -0.39 is 8.80 Å². The predicted molar refractivity (Wildman–Crippen MR) is 222 cm³/mol. The SMILES string of the molecule is CC1=CC2=C(C=CC=CC2c2ccc3cc(OC(C)C)ccc3c2)C1[Si](C)C1C(C)=CC2=C1C=CC=CC2c1ccc2cc(OC(C)C)ccc2c1. The van der Waals surface area contributed by atoms with Gasteiger partial charge in [-0.15, -0.1) is 0 Å². The smallest absolute Gasteiger partial charge is 0.120 e. The van der Waals surface area contributed by atoms with Crippen molar-refractivity contribution in [2.75, 3.05) is 0 Å². The van der Waals surface area contributed by atoms with Gasteiger partial charge in [-0.05, 0) is 132 Å². The molecule has 0 amide bonds. The molecule has 1 radical (unpaired) electrons. The zero-order valence-corrected chi connectivity index (χ0v) is 32.5. The Morgan fingerprint density at radius 3 is 1.33 bits per heavy atom. The van der Waals surface area contributed by atoms with Crippen LogP contribution in [0.4, 0.5) is 0 Å². The van der Waals surface area contributed by atoms with Crippen LogP contribution in [0.5, 0.6) is 11.5 Å². The van der Waals surface area contributed by atoms with E-state index in [9.17, 15) is 0 Å². The second kappa shape index (κ2) is 13.9. The Kier molecular flexibility index (Phi) is 9.17. The highest BCUT2D eigenvalue weighted by Crippen LogP contribution is 2.54. The Hall–Kier alpha value is -4.86. The zero-order chi connectivity index (χ0) is 36.1. The third kappa shape index (κ3) is 6.41.